The first-order valence-electron chi connectivity index (χ1n) is 8.58. The van der Waals surface area contributed by atoms with Crippen molar-refractivity contribution >= 4 is 17.0 Å². The minimum atomic E-state index is -0.132. The zero-order chi connectivity index (χ0) is 17.2. The normalized spacial score (nSPS) is 14.6. The van der Waals surface area contributed by atoms with Crippen LogP contribution in [0.2, 0.25) is 0 Å². The van der Waals surface area contributed by atoms with E-state index in [2.05, 4.69) is 27.7 Å². The maximum Gasteiger partial charge on any atom is 0.259 e. The van der Waals surface area contributed by atoms with E-state index < -0.39 is 0 Å². The van der Waals surface area contributed by atoms with Crippen LogP contribution in [-0.2, 0) is 6.42 Å². The van der Waals surface area contributed by atoms with Crippen LogP contribution in [0, 0.1) is 5.92 Å². The third kappa shape index (κ3) is 3.02. The molecular weight excluding hydrogens is 320 g/mol. The summed E-state index contributed by atoms with van der Waals surface area (Å²) in [7, 11) is 0. The predicted octanol–water partition coefficient (Wildman–Crippen LogP) is 2.38. The van der Waals surface area contributed by atoms with Gasteiger partial charge in [-0.15, -0.1) is 0 Å². The molecule has 0 radical (unpaired) electrons. The predicted molar refractivity (Wildman–Crippen MR) is 92.2 cm³/mol. The Morgan fingerprint density at radius 1 is 1.44 bits per heavy atom. The van der Waals surface area contributed by atoms with Crippen molar-refractivity contribution in [3.8, 4) is 11.5 Å². The second-order valence-electron chi connectivity index (χ2n) is 6.33. The van der Waals surface area contributed by atoms with Gasteiger partial charge in [-0.25, -0.2) is 4.98 Å². The summed E-state index contributed by atoms with van der Waals surface area (Å²) in [4.78, 5) is 17.3. The van der Waals surface area contributed by atoms with Crippen molar-refractivity contribution < 1.29 is 13.7 Å². The fourth-order valence-corrected chi connectivity index (χ4v) is 2.97. The number of rotatable bonds is 6. The summed E-state index contributed by atoms with van der Waals surface area (Å²) >= 11 is 0. The van der Waals surface area contributed by atoms with E-state index in [9.17, 15) is 4.79 Å². The molecule has 1 aliphatic heterocycles. The Morgan fingerprint density at radius 2 is 2.32 bits per heavy atom. The lowest BCUT2D eigenvalue weighted by Gasteiger charge is -2.27. The minimum Gasteiger partial charge on any atom is -0.463 e. The number of aryl methyl sites for hydroxylation is 1. The largest absolute Gasteiger partial charge is 0.463 e. The number of hydrogen-bond donors (Lipinski definition) is 2. The summed E-state index contributed by atoms with van der Waals surface area (Å²) < 4.78 is 10.8. The van der Waals surface area contributed by atoms with Crippen LogP contribution in [0.15, 0.2) is 33.4 Å². The Kier molecular flexibility index (Phi) is 4.23. The van der Waals surface area contributed by atoms with E-state index >= 15 is 0 Å². The first kappa shape index (κ1) is 15.8. The molecule has 1 fully saturated rings. The number of carbonyl (C=O) groups is 1. The highest BCUT2D eigenvalue weighted by Crippen LogP contribution is 2.28. The molecule has 4 rings (SSSR count). The van der Waals surface area contributed by atoms with Crippen LogP contribution >= 0.6 is 0 Å². The van der Waals surface area contributed by atoms with Crippen molar-refractivity contribution in [3.05, 3.63) is 35.7 Å². The van der Waals surface area contributed by atoms with E-state index in [1.54, 1.807) is 24.5 Å². The highest BCUT2D eigenvalue weighted by atomic mass is 16.5. The van der Waals surface area contributed by atoms with Crippen molar-refractivity contribution in [2.75, 3.05) is 19.6 Å². The van der Waals surface area contributed by atoms with Crippen molar-refractivity contribution in [2.45, 2.75) is 19.8 Å². The van der Waals surface area contributed by atoms with Gasteiger partial charge in [-0.3, -0.25) is 4.79 Å². The summed E-state index contributed by atoms with van der Waals surface area (Å²) in [6.45, 7) is 4.60. The van der Waals surface area contributed by atoms with Crippen molar-refractivity contribution in [3.63, 3.8) is 0 Å². The molecule has 4 heterocycles. The Morgan fingerprint density at radius 3 is 3.00 bits per heavy atom. The van der Waals surface area contributed by atoms with Gasteiger partial charge in [-0.2, -0.15) is 0 Å². The number of fused-ring (bicyclic) bond motifs is 1. The molecule has 130 valence electrons. The van der Waals surface area contributed by atoms with Gasteiger partial charge in [0, 0.05) is 25.6 Å². The van der Waals surface area contributed by atoms with Crippen LogP contribution in [0.4, 0.5) is 0 Å². The lowest BCUT2D eigenvalue weighted by Crippen LogP contribution is -2.48. The fourth-order valence-electron chi connectivity index (χ4n) is 2.97. The number of amides is 1. The number of nitrogens with zero attached hydrogens (tertiary/aromatic N) is 2. The van der Waals surface area contributed by atoms with Gasteiger partial charge >= 0.3 is 0 Å². The summed E-state index contributed by atoms with van der Waals surface area (Å²) in [6.07, 6.45) is 3.23. The monoisotopic (exact) mass is 340 g/mol. The SMILES string of the molecule is CCCc1noc2nc(-c3ccco3)cc(C(=O)NCC3CNC3)c12. The molecule has 0 unspecified atom stereocenters. The molecule has 3 aromatic heterocycles. The fraction of sp³-hybridized carbons (Fsp3) is 0.389. The Labute approximate surface area is 144 Å². The highest BCUT2D eigenvalue weighted by molar-refractivity contribution is 6.06. The van der Waals surface area contributed by atoms with Crippen LogP contribution < -0.4 is 10.6 Å². The molecule has 7 nitrogen and oxygen atoms in total. The molecule has 0 spiro atoms. The first-order chi connectivity index (χ1) is 12.3. The second-order valence-corrected chi connectivity index (χ2v) is 6.33. The van der Waals surface area contributed by atoms with E-state index in [1.807, 2.05) is 0 Å². The smallest absolute Gasteiger partial charge is 0.259 e. The number of pyridine rings is 1. The van der Waals surface area contributed by atoms with Crippen LogP contribution in [-0.4, -0.2) is 35.7 Å². The van der Waals surface area contributed by atoms with Crippen molar-refractivity contribution in [2.24, 2.45) is 5.92 Å². The molecule has 1 saturated heterocycles. The number of hydrogen-bond acceptors (Lipinski definition) is 6. The van der Waals surface area contributed by atoms with Gasteiger partial charge < -0.3 is 19.6 Å². The maximum atomic E-state index is 12.8. The average Bonchev–Trinajstić information content (AvgIpc) is 3.23. The Balaban J connectivity index is 1.74. The molecule has 3 aromatic rings. The van der Waals surface area contributed by atoms with Gasteiger partial charge in [0.15, 0.2) is 5.76 Å². The van der Waals surface area contributed by atoms with E-state index in [-0.39, 0.29) is 5.91 Å². The van der Waals surface area contributed by atoms with Crippen LogP contribution in [0.1, 0.15) is 29.4 Å². The van der Waals surface area contributed by atoms with E-state index in [4.69, 9.17) is 8.94 Å². The quantitative estimate of drug-likeness (QED) is 0.716. The summed E-state index contributed by atoms with van der Waals surface area (Å²) in [6, 6.07) is 5.35. The Hall–Kier alpha value is -2.67. The van der Waals surface area contributed by atoms with Gasteiger partial charge in [0.2, 0.25) is 0 Å². The average molecular weight is 340 g/mol. The molecule has 7 heteroatoms. The van der Waals surface area contributed by atoms with Crippen LogP contribution in [0.5, 0.6) is 0 Å². The molecule has 1 amide bonds. The first-order valence-corrected chi connectivity index (χ1v) is 8.58. The third-order valence-electron chi connectivity index (χ3n) is 4.44. The zero-order valence-corrected chi connectivity index (χ0v) is 14.0. The standard InChI is InChI=1S/C18H20N4O3/c1-2-4-13-16-12(17(23)20-10-11-8-19-9-11)7-14(15-5-3-6-24-15)21-18(16)25-22-13/h3,5-7,11,19H,2,4,8-10H2,1H3,(H,20,23). The van der Waals surface area contributed by atoms with E-state index in [0.717, 1.165) is 31.6 Å². The van der Waals surface area contributed by atoms with Gasteiger partial charge in [-0.05, 0) is 24.6 Å². The van der Waals surface area contributed by atoms with Gasteiger partial charge in [-0.1, -0.05) is 18.5 Å². The minimum absolute atomic E-state index is 0.132. The summed E-state index contributed by atoms with van der Waals surface area (Å²) in [5.41, 5.74) is 2.24. The van der Waals surface area contributed by atoms with Crippen LogP contribution in [0.25, 0.3) is 22.6 Å². The summed E-state index contributed by atoms with van der Waals surface area (Å²) in [5.74, 6) is 0.948. The van der Waals surface area contributed by atoms with E-state index in [1.165, 1.54) is 0 Å². The highest BCUT2D eigenvalue weighted by Gasteiger charge is 2.23. The molecule has 25 heavy (non-hydrogen) atoms. The molecule has 0 bridgehead atoms. The number of aromatic nitrogens is 2. The van der Waals surface area contributed by atoms with E-state index in [0.29, 0.717) is 40.6 Å². The molecule has 0 aromatic carbocycles. The zero-order valence-electron chi connectivity index (χ0n) is 14.0. The van der Waals surface area contributed by atoms with Crippen molar-refractivity contribution in [1.82, 2.24) is 20.8 Å². The molecule has 1 aliphatic rings. The third-order valence-corrected chi connectivity index (χ3v) is 4.44. The lowest BCUT2D eigenvalue weighted by molar-refractivity contribution is 0.0943. The maximum absolute atomic E-state index is 12.8. The molecule has 0 atom stereocenters. The van der Waals surface area contributed by atoms with Gasteiger partial charge in [0.25, 0.3) is 11.6 Å². The lowest BCUT2D eigenvalue weighted by atomic mass is 10.0. The molecule has 0 aliphatic carbocycles. The number of nitrogens with one attached hydrogen (secondary N) is 2. The number of carbonyl (C=O) groups excluding carboxylic acids is 1. The Bertz CT molecular complexity index is 881. The molecule has 2 N–H and O–H groups in total. The number of furan rings is 1. The second kappa shape index (κ2) is 6.68. The topological polar surface area (TPSA) is 93.2 Å². The van der Waals surface area contributed by atoms with Crippen LogP contribution in [0.3, 0.4) is 0 Å². The van der Waals surface area contributed by atoms with Crippen molar-refractivity contribution in [1.29, 1.82) is 0 Å². The van der Waals surface area contributed by atoms with Gasteiger partial charge in [0.05, 0.1) is 22.9 Å². The molecule has 0 saturated carbocycles. The summed E-state index contributed by atoms with van der Waals surface area (Å²) in [5, 5.41) is 11.0. The van der Waals surface area contributed by atoms with Gasteiger partial charge in [0.1, 0.15) is 5.69 Å². The molecular formula is C18H20N4O3.